The largest absolute Gasteiger partial charge is 0.467 e. The van der Waals surface area contributed by atoms with Crippen LogP contribution in [0.5, 0.6) is 0 Å². The van der Waals surface area contributed by atoms with Crippen LogP contribution >= 0.6 is 0 Å². The van der Waals surface area contributed by atoms with Gasteiger partial charge >= 0.3 is 5.97 Å². The van der Waals surface area contributed by atoms with Crippen molar-refractivity contribution in [2.75, 3.05) is 27.0 Å². The van der Waals surface area contributed by atoms with Crippen LogP contribution < -0.4 is 0 Å². The summed E-state index contributed by atoms with van der Waals surface area (Å²) in [4.78, 5) is 10.5. The molecule has 0 aliphatic heterocycles. The van der Waals surface area contributed by atoms with Crippen LogP contribution in [0.3, 0.4) is 0 Å². The summed E-state index contributed by atoms with van der Waals surface area (Å²) >= 11 is 0. The van der Waals surface area contributed by atoms with Crippen LogP contribution in [-0.4, -0.2) is 33.0 Å². The second-order valence-electron chi connectivity index (χ2n) is 2.38. The van der Waals surface area contributed by atoms with Crippen molar-refractivity contribution in [3.63, 3.8) is 0 Å². The van der Waals surface area contributed by atoms with Gasteiger partial charge in [0.15, 0.2) is 0 Å². The molecule has 0 heterocycles. The molecule has 0 bridgehead atoms. The van der Waals surface area contributed by atoms with Gasteiger partial charge in [0.25, 0.3) is 0 Å². The van der Waals surface area contributed by atoms with E-state index in [2.05, 4.69) is 4.74 Å². The molecule has 0 spiro atoms. The molecule has 0 unspecified atom stereocenters. The number of hydrogen-bond acceptors (Lipinski definition) is 3. The van der Waals surface area contributed by atoms with Gasteiger partial charge in [-0.25, -0.2) is 4.79 Å². The standard InChI is InChI=1S/C8H15FO3/c1-11-8(10)7-12-6-4-2-3-5-9/h2-7H2,1H3. The van der Waals surface area contributed by atoms with Gasteiger partial charge in [-0.3, -0.25) is 4.39 Å². The van der Waals surface area contributed by atoms with E-state index in [1.54, 1.807) is 0 Å². The lowest BCUT2D eigenvalue weighted by Crippen LogP contribution is -2.10. The molecular weight excluding hydrogens is 163 g/mol. The Bertz CT molecular complexity index is 117. The normalized spacial score (nSPS) is 9.83. The fourth-order valence-electron chi connectivity index (χ4n) is 0.690. The molecule has 0 aliphatic rings. The Morgan fingerprint density at radius 3 is 2.67 bits per heavy atom. The third-order valence-electron chi connectivity index (χ3n) is 1.37. The maximum atomic E-state index is 11.6. The average Bonchev–Trinajstić information content (AvgIpc) is 2.10. The Kier molecular flexibility index (Phi) is 8.01. The van der Waals surface area contributed by atoms with E-state index in [1.807, 2.05) is 0 Å². The molecule has 0 rings (SSSR count). The van der Waals surface area contributed by atoms with Crippen molar-refractivity contribution in [3.05, 3.63) is 0 Å². The average molecular weight is 178 g/mol. The van der Waals surface area contributed by atoms with Crippen molar-refractivity contribution in [1.29, 1.82) is 0 Å². The summed E-state index contributed by atoms with van der Waals surface area (Å²) < 4.78 is 20.9. The lowest BCUT2D eigenvalue weighted by atomic mass is 10.3. The molecule has 72 valence electrons. The fourth-order valence-corrected chi connectivity index (χ4v) is 0.690. The van der Waals surface area contributed by atoms with Crippen LogP contribution in [0.4, 0.5) is 4.39 Å². The minimum Gasteiger partial charge on any atom is -0.467 e. The lowest BCUT2D eigenvalue weighted by Gasteiger charge is -2.01. The number of alkyl halides is 1. The number of hydrogen-bond donors (Lipinski definition) is 0. The predicted molar refractivity (Wildman–Crippen MR) is 42.7 cm³/mol. The summed E-state index contributed by atoms with van der Waals surface area (Å²) in [5.74, 6) is -0.375. The van der Waals surface area contributed by atoms with Crippen molar-refractivity contribution in [2.24, 2.45) is 0 Å². The van der Waals surface area contributed by atoms with Crippen molar-refractivity contribution in [2.45, 2.75) is 19.3 Å². The molecule has 4 heteroatoms. The van der Waals surface area contributed by atoms with Gasteiger partial charge < -0.3 is 9.47 Å². The summed E-state index contributed by atoms with van der Waals surface area (Å²) in [5, 5.41) is 0. The summed E-state index contributed by atoms with van der Waals surface area (Å²) in [6.07, 6.45) is 2.17. The molecule has 12 heavy (non-hydrogen) atoms. The van der Waals surface area contributed by atoms with Crippen LogP contribution in [0.1, 0.15) is 19.3 Å². The maximum Gasteiger partial charge on any atom is 0.331 e. The highest BCUT2D eigenvalue weighted by atomic mass is 19.1. The Balaban J connectivity index is 2.95. The first-order valence-electron chi connectivity index (χ1n) is 4.01. The van der Waals surface area contributed by atoms with Crippen molar-refractivity contribution in [1.82, 2.24) is 0 Å². The molecule has 0 aromatic heterocycles. The first-order valence-corrected chi connectivity index (χ1v) is 4.01. The van der Waals surface area contributed by atoms with E-state index < -0.39 is 0 Å². The van der Waals surface area contributed by atoms with E-state index in [0.29, 0.717) is 13.0 Å². The van der Waals surface area contributed by atoms with Gasteiger partial charge in [0.05, 0.1) is 13.8 Å². The van der Waals surface area contributed by atoms with Crippen LogP contribution in [0.25, 0.3) is 0 Å². The molecule has 0 N–H and O–H groups in total. The Morgan fingerprint density at radius 1 is 1.33 bits per heavy atom. The van der Waals surface area contributed by atoms with E-state index in [0.717, 1.165) is 12.8 Å². The number of ether oxygens (including phenoxy) is 2. The van der Waals surface area contributed by atoms with Gasteiger partial charge in [-0.2, -0.15) is 0 Å². The number of halogens is 1. The third kappa shape index (κ3) is 7.47. The van der Waals surface area contributed by atoms with Crippen LogP contribution in [0.15, 0.2) is 0 Å². The highest BCUT2D eigenvalue weighted by Crippen LogP contribution is 1.95. The van der Waals surface area contributed by atoms with Crippen LogP contribution in [-0.2, 0) is 14.3 Å². The van der Waals surface area contributed by atoms with E-state index >= 15 is 0 Å². The molecule has 0 saturated heterocycles. The Labute approximate surface area is 71.8 Å². The minimum absolute atomic E-state index is 0.00781. The molecule has 3 nitrogen and oxygen atoms in total. The van der Waals surface area contributed by atoms with E-state index in [1.165, 1.54) is 7.11 Å². The number of methoxy groups -OCH3 is 1. The number of carbonyl (C=O) groups excluding carboxylic acids is 1. The molecule has 0 aliphatic carbocycles. The van der Waals surface area contributed by atoms with E-state index in [-0.39, 0.29) is 19.3 Å². The molecule has 0 radical (unpaired) electrons. The second kappa shape index (κ2) is 8.46. The highest BCUT2D eigenvalue weighted by Gasteiger charge is 1.98. The zero-order valence-electron chi connectivity index (χ0n) is 7.35. The monoisotopic (exact) mass is 178 g/mol. The topological polar surface area (TPSA) is 35.5 Å². The lowest BCUT2D eigenvalue weighted by molar-refractivity contribution is -0.145. The molecule has 0 fully saturated rings. The summed E-state index contributed by atoms with van der Waals surface area (Å²) in [6, 6.07) is 0. The summed E-state index contributed by atoms with van der Waals surface area (Å²) in [6.45, 7) is 0.207. The van der Waals surface area contributed by atoms with Gasteiger partial charge in [-0.15, -0.1) is 0 Å². The fraction of sp³-hybridized carbons (Fsp3) is 0.875. The first kappa shape index (κ1) is 11.4. The maximum absolute atomic E-state index is 11.6. The van der Waals surface area contributed by atoms with Gasteiger partial charge in [-0.05, 0) is 19.3 Å². The number of unbranched alkanes of at least 4 members (excludes halogenated alkanes) is 2. The molecule has 0 saturated carbocycles. The Morgan fingerprint density at radius 2 is 2.08 bits per heavy atom. The van der Waals surface area contributed by atoms with Crippen molar-refractivity contribution >= 4 is 5.97 Å². The summed E-state index contributed by atoms with van der Waals surface area (Å²) in [5.41, 5.74) is 0. The van der Waals surface area contributed by atoms with Gasteiger partial charge in [0.1, 0.15) is 6.61 Å². The number of rotatable bonds is 7. The van der Waals surface area contributed by atoms with Gasteiger partial charge in [0, 0.05) is 6.61 Å². The zero-order valence-corrected chi connectivity index (χ0v) is 7.35. The van der Waals surface area contributed by atoms with Crippen molar-refractivity contribution < 1.29 is 18.7 Å². The quantitative estimate of drug-likeness (QED) is 0.435. The first-order chi connectivity index (χ1) is 5.81. The predicted octanol–water partition coefficient (Wildman–Crippen LogP) is 1.32. The number of carbonyl (C=O) groups is 1. The van der Waals surface area contributed by atoms with Gasteiger partial charge in [0.2, 0.25) is 0 Å². The van der Waals surface area contributed by atoms with Gasteiger partial charge in [-0.1, -0.05) is 0 Å². The SMILES string of the molecule is COC(=O)COCCCCCF. The molecular formula is C8H15FO3. The van der Waals surface area contributed by atoms with Crippen LogP contribution in [0, 0.1) is 0 Å². The summed E-state index contributed by atoms with van der Waals surface area (Å²) in [7, 11) is 1.31. The number of esters is 1. The Hall–Kier alpha value is -0.640. The van der Waals surface area contributed by atoms with E-state index in [9.17, 15) is 9.18 Å². The van der Waals surface area contributed by atoms with Crippen LogP contribution in [0.2, 0.25) is 0 Å². The zero-order chi connectivity index (χ0) is 9.23. The highest BCUT2D eigenvalue weighted by molar-refractivity contribution is 5.70. The molecule has 0 atom stereocenters. The third-order valence-corrected chi connectivity index (χ3v) is 1.37. The van der Waals surface area contributed by atoms with Crippen molar-refractivity contribution in [3.8, 4) is 0 Å². The molecule has 0 aromatic carbocycles. The second-order valence-corrected chi connectivity index (χ2v) is 2.38. The smallest absolute Gasteiger partial charge is 0.331 e. The molecule has 0 aromatic rings. The molecule has 0 amide bonds. The van der Waals surface area contributed by atoms with E-state index in [4.69, 9.17) is 4.74 Å². The minimum atomic E-state index is -0.375.